The van der Waals surface area contributed by atoms with Crippen molar-refractivity contribution in [3.05, 3.63) is 29.8 Å². The van der Waals surface area contributed by atoms with E-state index in [4.69, 9.17) is 5.26 Å². The molecule has 0 atom stereocenters. The van der Waals surface area contributed by atoms with Crippen LogP contribution in [-0.2, 0) is 4.79 Å². The van der Waals surface area contributed by atoms with Gasteiger partial charge < -0.3 is 5.32 Å². The highest BCUT2D eigenvalue weighted by Crippen LogP contribution is 2.12. The Kier molecular flexibility index (Phi) is 2.44. The van der Waals surface area contributed by atoms with Gasteiger partial charge in [-0.15, -0.1) is 0 Å². The largest absolute Gasteiger partial charge is 0.326 e. The number of nitrogens with zero attached hydrogens (tertiary/aromatic N) is 1. The van der Waals surface area contributed by atoms with Crippen LogP contribution in [0.2, 0.25) is 0 Å². The van der Waals surface area contributed by atoms with E-state index in [0.29, 0.717) is 5.69 Å². The van der Waals surface area contributed by atoms with Crippen LogP contribution in [0.1, 0.15) is 5.56 Å². The number of aryl methyl sites for hydroxylation is 1. The summed E-state index contributed by atoms with van der Waals surface area (Å²) in [6.45, 7) is 1.87. The number of amides is 1. The Labute approximate surface area is 70.6 Å². The van der Waals surface area contributed by atoms with Crippen molar-refractivity contribution in [2.45, 2.75) is 6.92 Å². The molecular formula is C9H8N2O. The van der Waals surface area contributed by atoms with Crippen LogP contribution in [0.4, 0.5) is 5.69 Å². The van der Waals surface area contributed by atoms with Gasteiger partial charge in [0.15, 0.2) is 6.07 Å². The zero-order valence-electron chi connectivity index (χ0n) is 6.66. The predicted molar refractivity (Wildman–Crippen MR) is 45.4 cm³/mol. The molecule has 0 aliphatic rings. The zero-order chi connectivity index (χ0) is 8.97. The number of rotatable bonds is 1. The van der Waals surface area contributed by atoms with E-state index < -0.39 is 5.91 Å². The van der Waals surface area contributed by atoms with Crippen LogP contribution in [0.15, 0.2) is 24.3 Å². The molecule has 0 bridgehead atoms. The lowest BCUT2D eigenvalue weighted by atomic mass is 10.2. The molecule has 0 fully saturated rings. The molecule has 1 N–H and O–H groups in total. The first kappa shape index (κ1) is 8.28. The summed E-state index contributed by atoms with van der Waals surface area (Å²) in [5.74, 6) is -0.635. The molecule has 60 valence electrons. The first-order valence-corrected chi connectivity index (χ1v) is 3.51. The van der Waals surface area contributed by atoms with Gasteiger partial charge in [-0.1, -0.05) is 18.2 Å². The van der Waals surface area contributed by atoms with Crippen LogP contribution < -0.4 is 5.32 Å². The number of carbonyl (C=O) groups excluding carboxylic acids is 1. The fourth-order valence-corrected chi connectivity index (χ4v) is 0.863. The highest BCUT2D eigenvalue weighted by molar-refractivity contribution is 6.02. The lowest BCUT2D eigenvalue weighted by Crippen LogP contribution is -2.08. The Balaban J connectivity index is 2.84. The molecule has 12 heavy (non-hydrogen) atoms. The third-order valence-corrected chi connectivity index (χ3v) is 1.49. The van der Waals surface area contributed by atoms with Crippen molar-refractivity contribution in [1.82, 2.24) is 0 Å². The Morgan fingerprint density at radius 3 is 2.75 bits per heavy atom. The maximum absolute atomic E-state index is 10.7. The summed E-state index contributed by atoms with van der Waals surface area (Å²) in [5.41, 5.74) is 1.63. The van der Waals surface area contributed by atoms with Crippen LogP contribution in [0.3, 0.4) is 0 Å². The highest BCUT2D eigenvalue weighted by Gasteiger charge is 2.00. The molecule has 0 spiro atoms. The van der Waals surface area contributed by atoms with Crippen LogP contribution in [0.5, 0.6) is 0 Å². The monoisotopic (exact) mass is 160 g/mol. The molecule has 3 heteroatoms. The highest BCUT2D eigenvalue weighted by atomic mass is 16.1. The van der Waals surface area contributed by atoms with Crippen molar-refractivity contribution in [1.29, 1.82) is 5.26 Å². The Hall–Kier alpha value is -1.82. The zero-order valence-corrected chi connectivity index (χ0v) is 6.66. The Morgan fingerprint density at radius 2 is 2.17 bits per heavy atom. The van der Waals surface area contributed by atoms with E-state index in [2.05, 4.69) is 5.32 Å². The van der Waals surface area contributed by atoms with Gasteiger partial charge in [0.05, 0.1) is 0 Å². The molecule has 1 rings (SSSR count). The van der Waals surface area contributed by atoms with Crippen molar-refractivity contribution in [2.24, 2.45) is 0 Å². The summed E-state index contributed by atoms with van der Waals surface area (Å²) in [7, 11) is 0. The molecule has 0 saturated heterocycles. The number of hydrogen-bond donors (Lipinski definition) is 1. The van der Waals surface area contributed by atoms with Crippen LogP contribution in [0.25, 0.3) is 0 Å². The molecule has 0 saturated carbocycles. The third kappa shape index (κ3) is 1.83. The van der Waals surface area contributed by atoms with Gasteiger partial charge in [-0.05, 0) is 18.6 Å². The molecule has 1 aromatic rings. The van der Waals surface area contributed by atoms with E-state index in [9.17, 15) is 4.79 Å². The lowest BCUT2D eigenvalue weighted by Gasteiger charge is -2.02. The Morgan fingerprint density at radius 1 is 1.50 bits per heavy atom. The minimum absolute atomic E-state index is 0.635. The minimum Gasteiger partial charge on any atom is -0.313 e. The fourth-order valence-electron chi connectivity index (χ4n) is 0.863. The van der Waals surface area contributed by atoms with Crippen molar-refractivity contribution in [2.75, 3.05) is 5.32 Å². The minimum atomic E-state index is -0.635. The maximum Gasteiger partial charge on any atom is 0.326 e. The van der Waals surface area contributed by atoms with E-state index in [1.807, 2.05) is 19.1 Å². The Bertz CT molecular complexity index is 339. The van der Waals surface area contributed by atoms with E-state index in [1.165, 1.54) is 6.07 Å². The molecular weight excluding hydrogens is 152 g/mol. The number of hydrogen-bond acceptors (Lipinski definition) is 2. The van der Waals surface area contributed by atoms with Gasteiger partial charge >= 0.3 is 5.91 Å². The van der Waals surface area contributed by atoms with E-state index in [1.54, 1.807) is 12.1 Å². The second-order valence-corrected chi connectivity index (χ2v) is 2.38. The molecule has 0 unspecified atom stereocenters. The van der Waals surface area contributed by atoms with Gasteiger partial charge in [0, 0.05) is 5.69 Å². The van der Waals surface area contributed by atoms with Crippen molar-refractivity contribution < 1.29 is 4.79 Å². The van der Waals surface area contributed by atoms with Gasteiger partial charge in [-0.25, -0.2) is 0 Å². The molecule has 0 aliphatic carbocycles. The standard InChI is InChI=1S/C9H8N2O/c1-7-4-2-3-5-8(7)11-9(12)6-10/h2-5H,1H3,(H,11,12). The molecule has 0 radical (unpaired) electrons. The topological polar surface area (TPSA) is 52.9 Å². The summed E-state index contributed by atoms with van der Waals surface area (Å²) in [6, 6.07) is 8.79. The average Bonchev–Trinajstić information content (AvgIpc) is 2.09. The number of nitriles is 1. The van der Waals surface area contributed by atoms with E-state index in [-0.39, 0.29) is 0 Å². The predicted octanol–water partition coefficient (Wildman–Crippen LogP) is 1.46. The van der Waals surface area contributed by atoms with Gasteiger partial charge in [-0.2, -0.15) is 5.26 Å². The van der Waals surface area contributed by atoms with Gasteiger partial charge in [0.1, 0.15) is 0 Å². The number of carbonyl (C=O) groups is 1. The normalized spacial score (nSPS) is 8.67. The summed E-state index contributed by atoms with van der Waals surface area (Å²) < 4.78 is 0. The molecule has 1 aromatic carbocycles. The summed E-state index contributed by atoms with van der Waals surface area (Å²) in [5, 5.41) is 10.7. The van der Waals surface area contributed by atoms with Crippen molar-refractivity contribution in [3.8, 4) is 6.07 Å². The smallest absolute Gasteiger partial charge is 0.313 e. The van der Waals surface area contributed by atoms with Gasteiger partial charge in [0.25, 0.3) is 0 Å². The second-order valence-electron chi connectivity index (χ2n) is 2.38. The molecule has 3 nitrogen and oxygen atoms in total. The number of anilines is 1. The number of para-hydroxylation sites is 1. The molecule has 0 aliphatic heterocycles. The van der Waals surface area contributed by atoms with E-state index in [0.717, 1.165) is 5.56 Å². The van der Waals surface area contributed by atoms with Crippen LogP contribution >= 0.6 is 0 Å². The van der Waals surface area contributed by atoms with Gasteiger partial charge in [-0.3, -0.25) is 4.79 Å². The maximum atomic E-state index is 10.7. The second kappa shape index (κ2) is 3.54. The summed E-state index contributed by atoms with van der Waals surface area (Å²) in [4.78, 5) is 10.7. The number of benzene rings is 1. The fraction of sp³-hybridized carbons (Fsp3) is 0.111. The summed E-state index contributed by atoms with van der Waals surface area (Å²) in [6.07, 6.45) is 0. The molecule has 0 aromatic heterocycles. The first-order chi connectivity index (χ1) is 5.74. The average molecular weight is 160 g/mol. The number of nitrogens with one attached hydrogen (secondary N) is 1. The summed E-state index contributed by atoms with van der Waals surface area (Å²) >= 11 is 0. The van der Waals surface area contributed by atoms with Crippen molar-refractivity contribution >= 4 is 11.6 Å². The van der Waals surface area contributed by atoms with Crippen LogP contribution in [0, 0.1) is 18.3 Å². The lowest BCUT2D eigenvalue weighted by molar-refractivity contribution is -0.111. The van der Waals surface area contributed by atoms with E-state index >= 15 is 0 Å². The SMILES string of the molecule is Cc1ccccc1NC(=O)C#N. The van der Waals surface area contributed by atoms with Gasteiger partial charge in [0.2, 0.25) is 0 Å². The molecule has 0 heterocycles. The quantitative estimate of drug-likeness (QED) is 0.632. The molecule has 1 amide bonds. The van der Waals surface area contributed by atoms with Crippen molar-refractivity contribution in [3.63, 3.8) is 0 Å². The first-order valence-electron chi connectivity index (χ1n) is 3.51. The van der Waals surface area contributed by atoms with Crippen LogP contribution in [-0.4, -0.2) is 5.91 Å². The third-order valence-electron chi connectivity index (χ3n) is 1.49.